The van der Waals surface area contributed by atoms with E-state index >= 15 is 0 Å². The third kappa shape index (κ3) is 4.35. The second kappa shape index (κ2) is 6.37. The minimum Gasteiger partial charge on any atom is -0.461 e. The summed E-state index contributed by atoms with van der Waals surface area (Å²) in [6, 6.07) is 0.567. The molecular weight excluding hydrogens is 230 g/mol. The van der Waals surface area contributed by atoms with Gasteiger partial charge in [0.2, 0.25) is 11.9 Å². The van der Waals surface area contributed by atoms with Gasteiger partial charge in [-0.2, -0.15) is 15.0 Å². The van der Waals surface area contributed by atoms with Crippen LogP contribution in [-0.4, -0.2) is 27.1 Å². The summed E-state index contributed by atoms with van der Waals surface area (Å²) in [4.78, 5) is 12.2. The highest BCUT2D eigenvalue weighted by Gasteiger charge is 2.14. The molecule has 3 N–H and O–H groups in total. The Bertz CT molecular complexity index is 381. The van der Waals surface area contributed by atoms with Crippen LogP contribution in [0.15, 0.2) is 0 Å². The minimum atomic E-state index is 0.00622. The second-order valence-corrected chi connectivity index (χ2v) is 4.87. The lowest BCUT2D eigenvalue weighted by Crippen LogP contribution is -2.26. The van der Waals surface area contributed by atoms with Crippen molar-refractivity contribution < 1.29 is 4.74 Å². The van der Waals surface area contributed by atoms with E-state index in [4.69, 9.17) is 10.5 Å². The van der Waals surface area contributed by atoms with Gasteiger partial charge in [0.05, 0.1) is 6.10 Å². The molecule has 6 heteroatoms. The first-order chi connectivity index (χ1) is 8.42. The molecule has 0 aromatic carbocycles. The Hall–Kier alpha value is -1.59. The first-order valence-corrected chi connectivity index (χ1v) is 6.37. The van der Waals surface area contributed by atoms with Crippen LogP contribution in [0.1, 0.15) is 41.0 Å². The lowest BCUT2D eigenvalue weighted by Gasteiger charge is -2.20. The number of rotatable bonds is 6. The number of nitrogens with two attached hydrogens (primary N) is 1. The monoisotopic (exact) mass is 253 g/mol. The Morgan fingerprint density at radius 3 is 2.33 bits per heavy atom. The molecule has 6 nitrogen and oxygen atoms in total. The highest BCUT2D eigenvalue weighted by atomic mass is 16.5. The third-order valence-corrected chi connectivity index (χ3v) is 2.53. The van der Waals surface area contributed by atoms with E-state index in [0.717, 1.165) is 6.42 Å². The summed E-state index contributed by atoms with van der Waals surface area (Å²) in [6.45, 7) is 10.2. The molecule has 0 amide bonds. The minimum absolute atomic E-state index is 0.00622. The van der Waals surface area contributed by atoms with E-state index in [1.54, 1.807) is 0 Å². The summed E-state index contributed by atoms with van der Waals surface area (Å²) < 4.78 is 5.43. The third-order valence-electron chi connectivity index (χ3n) is 2.53. The maximum absolute atomic E-state index is 5.65. The fourth-order valence-corrected chi connectivity index (χ4v) is 1.61. The molecule has 0 bridgehead atoms. The van der Waals surface area contributed by atoms with E-state index in [1.165, 1.54) is 0 Å². The molecule has 1 aromatic heterocycles. The van der Waals surface area contributed by atoms with Gasteiger partial charge in [0.25, 0.3) is 0 Å². The van der Waals surface area contributed by atoms with Crippen LogP contribution < -0.4 is 15.8 Å². The molecule has 0 aliphatic heterocycles. The molecule has 18 heavy (non-hydrogen) atoms. The Kier molecular flexibility index (Phi) is 5.12. The van der Waals surface area contributed by atoms with Crippen molar-refractivity contribution in [3.63, 3.8) is 0 Å². The van der Waals surface area contributed by atoms with Crippen molar-refractivity contribution in [1.29, 1.82) is 0 Å². The predicted octanol–water partition coefficient (Wildman–Crippen LogP) is 2.09. The number of aromatic nitrogens is 3. The quantitative estimate of drug-likeness (QED) is 0.807. The van der Waals surface area contributed by atoms with Crippen molar-refractivity contribution >= 4 is 11.9 Å². The standard InChI is InChI=1S/C12H23N5O/c1-6-9(7(2)3)14-11-15-10(13)16-12(17-11)18-8(4)5/h7-9H,6H2,1-5H3,(H3,13,14,15,16,17). The normalized spacial score (nSPS) is 12.8. The van der Waals surface area contributed by atoms with E-state index < -0.39 is 0 Å². The Balaban J connectivity index is 2.85. The fraction of sp³-hybridized carbons (Fsp3) is 0.750. The Morgan fingerprint density at radius 1 is 1.17 bits per heavy atom. The van der Waals surface area contributed by atoms with E-state index in [2.05, 4.69) is 41.0 Å². The molecule has 0 spiro atoms. The van der Waals surface area contributed by atoms with Crippen LogP contribution >= 0.6 is 0 Å². The van der Waals surface area contributed by atoms with E-state index in [-0.39, 0.29) is 18.1 Å². The summed E-state index contributed by atoms with van der Waals surface area (Å²) in [5.41, 5.74) is 5.65. The summed E-state index contributed by atoms with van der Waals surface area (Å²) in [6.07, 6.45) is 0.996. The lowest BCUT2D eigenvalue weighted by molar-refractivity contribution is 0.222. The van der Waals surface area contributed by atoms with Gasteiger partial charge in [0, 0.05) is 6.04 Å². The molecule has 0 aliphatic carbocycles. The fourth-order valence-electron chi connectivity index (χ4n) is 1.61. The zero-order chi connectivity index (χ0) is 13.7. The molecule has 1 unspecified atom stereocenters. The second-order valence-electron chi connectivity index (χ2n) is 4.87. The molecule has 0 aliphatic rings. The van der Waals surface area contributed by atoms with Gasteiger partial charge in [0.15, 0.2) is 0 Å². The highest BCUT2D eigenvalue weighted by molar-refractivity contribution is 5.33. The van der Waals surface area contributed by atoms with Crippen LogP contribution in [0, 0.1) is 5.92 Å². The van der Waals surface area contributed by atoms with Crippen LogP contribution in [0.2, 0.25) is 0 Å². The summed E-state index contributed by atoms with van der Waals surface area (Å²) in [7, 11) is 0. The largest absolute Gasteiger partial charge is 0.461 e. The summed E-state index contributed by atoms with van der Waals surface area (Å²) in [5, 5.41) is 3.26. The number of ether oxygens (including phenoxy) is 1. The number of nitrogens with zero attached hydrogens (tertiary/aromatic N) is 3. The molecule has 102 valence electrons. The van der Waals surface area contributed by atoms with Gasteiger partial charge in [0.1, 0.15) is 0 Å². The van der Waals surface area contributed by atoms with Crippen LogP contribution in [0.4, 0.5) is 11.9 Å². The molecule has 1 rings (SSSR count). The van der Waals surface area contributed by atoms with Crippen LogP contribution in [-0.2, 0) is 0 Å². The number of nitrogen functional groups attached to an aromatic ring is 1. The maximum atomic E-state index is 5.65. The number of nitrogens with one attached hydrogen (secondary N) is 1. The average Bonchev–Trinajstić information content (AvgIpc) is 2.23. The van der Waals surface area contributed by atoms with E-state index in [0.29, 0.717) is 17.9 Å². The number of anilines is 2. The maximum Gasteiger partial charge on any atom is 0.323 e. The first kappa shape index (κ1) is 14.5. The smallest absolute Gasteiger partial charge is 0.323 e. The molecule has 0 fully saturated rings. The molecular formula is C12H23N5O. The Morgan fingerprint density at radius 2 is 1.83 bits per heavy atom. The summed E-state index contributed by atoms with van der Waals surface area (Å²) in [5.74, 6) is 1.13. The van der Waals surface area contributed by atoms with Gasteiger partial charge in [-0.1, -0.05) is 20.8 Å². The molecule has 0 saturated carbocycles. The molecule has 0 radical (unpaired) electrons. The van der Waals surface area contributed by atoms with Gasteiger partial charge in [-0.3, -0.25) is 0 Å². The van der Waals surface area contributed by atoms with Crippen LogP contribution in [0.3, 0.4) is 0 Å². The topological polar surface area (TPSA) is 86.0 Å². The van der Waals surface area contributed by atoms with Crippen molar-refractivity contribution in [3.05, 3.63) is 0 Å². The molecule has 1 atom stereocenters. The number of hydrogen-bond donors (Lipinski definition) is 2. The van der Waals surface area contributed by atoms with Crippen molar-refractivity contribution in [1.82, 2.24) is 15.0 Å². The van der Waals surface area contributed by atoms with Gasteiger partial charge >= 0.3 is 6.01 Å². The first-order valence-electron chi connectivity index (χ1n) is 6.37. The van der Waals surface area contributed by atoms with Gasteiger partial charge in [-0.05, 0) is 26.2 Å². The van der Waals surface area contributed by atoms with E-state index in [1.807, 2.05) is 13.8 Å². The lowest BCUT2D eigenvalue weighted by atomic mass is 10.0. The zero-order valence-electron chi connectivity index (χ0n) is 11.8. The van der Waals surface area contributed by atoms with E-state index in [9.17, 15) is 0 Å². The van der Waals surface area contributed by atoms with Crippen molar-refractivity contribution in [2.75, 3.05) is 11.1 Å². The predicted molar refractivity (Wildman–Crippen MR) is 72.5 cm³/mol. The van der Waals surface area contributed by atoms with Crippen LogP contribution in [0.5, 0.6) is 6.01 Å². The highest BCUT2D eigenvalue weighted by Crippen LogP contribution is 2.15. The Labute approximate surface area is 108 Å². The van der Waals surface area contributed by atoms with Gasteiger partial charge in [-0.15, -0.1) is 0 Å². The number of hydrogen-bond acceptors (Lipinski definition) is 6. The van der Waals surface area contributed by atoms with Crippen LogP contribution in [0.25, 0.3) is 0 Å². The van der Waals surface area contributed by atoms with Crippen molar-refractivity contribution in [3.8, 4) is 6.01 Å². The zero-order valence-corrected chi connectivity index (χ0v) is 11.8. The molecule has 0 saturated heterocycles. The van der Waals surface area contributed by atoms with Gasteiger partial charge in [-0.25, -0.2) is 0 Å². The van der Waals surface area contributed by atoms with Crippen molar-refractivity contribution in [2.45, 2.75) is 53.2 Å². The van der Waals surface area contributed by atoms with Gasteiger partial charge < -0.3 is 15.8 Å². The molecule has 1 aromatic rings. The SMILES string of the molecule is CCC(Nc1nc(N)nc(OC(C)C)n1)C(C)C. The van der Waals surface area contributed by atoms with Crippen molar-refractivity contribution in [2.24, 2.45) is 5.92 Å². The molecule has 1 heterocycles. The summed E-state index contributed by atoms with van der Waals surface area (Å²) >= 11 is 0. The average molecular weight is 253 g/mol.